The molecular formula is C5H7FN2. The second kappa shape index (κ2) is 2.03. The minimum absolute atomic E-state index is 0.255. The van der Waals surface area contributed by atoms with Crippen molar-refractivity contribution in [3.63, 3.8) is 0 Å². The first-order valence-electron chi connectivity index (χ1n) is 2.51. The van der Waals surface area contributed by atoms with Crippen LogP contribution in [0.25, 0.3) is 0 Å². The Bertz CT molecular complexity index is 130. The maximum absolute atomic E-state index is 12.1. The lowest BCUT2D eigenvalue weighted by molar-refractivity contribution is 0.367. The number of halogens is 1. The molecule has 8 heavy (non-hydrogen) atoms. The molecule has 0 aromatic heterocycles. The van der Waals surface area contributed by atoms with Crippen LogP contribution in [-0.2, 0) is 0 Å². The van der Waals surface area contributed by atoms with Crippen LogP contribution < -0.4 is 0 Å². The van der Waals surface area contributed by atoms with E-state index in [1.54, 1.807) is 0 Å². The smallest absolute Gasteiger partial charge is 0.125 e. The fourth-order valence-electron chi connectivity index (χ4n) is 0.677. The minimum Gasteiger partial charge on any atom is -0.307 e. The lowest BCUT2D eigenvalue weighted by atomic mass is 10.2. The molecule has 0 unspecified atom stereocenters. The summed E-state index contributed by atoms with van der Waals surface area (Å²) >= 11 is 0. The average Bonchev–Trinajstić information content (AvgIpc) is 2.14. The first-order valence-corrected chi connectivity index (χ1v) is 2.51. The van der Waals surface area contributed by atoms with Crippen LogP contribution in [0.1, 0.15) is 6.42 Å². The minimum atomic E-state index is -0.827. The molecule has 0 amide bonds. The lowest BCUT2D eigenvalue weighted by Crippen LogP contribution is -2.00. The maximum atomic E-state index is 12.1. The maximum Gasteiger partial charge on any atom is 0.125 e. The molecule has 0 saturated heterocycles. The van der Waals surface area contributed by atoms with E-state index in [1.807, 2.05) is 0 Å². The molecule has 0 saturated carbocycles. The van der Waals surface area contributed by atoms with Gasteiger partial charge in [-0.1, -0.05) is 0 Å². The Morgan fingerprint density at radius 3 is 2.88 bits per heavy atom. The van der Waals surface area contributed by atoms with Gasteiger partial charge in [0.05, 0.1) is 12.3 Å². The monoisotopic (exact) mass is 114 g/mol. The van der Waals surface area contributed by atoms with Gasteiger partial charge in [0, 0.05) is 12.6 Å². The summed E-state index contributed by atoms with van der Waals surface area (Å²) in [6, 6.07) is 0. The molecule has 2 nitrogen and oxygen atoms in total. The Morgan fingerprint density at radius 1 is 1.88 bits per heavy atom. The summed E-state index contributed by atoms with van der Waals surface area (Å²) in [7, 11) is 0. The van der Waals surface area contributed by atoms with Gasteiger partial charge in [0.15, 0.2) is 0 Å². The molecule has 1 aliphatic heterocycles. The van der Waals surface area contributed by atoms with E-state index >= 15 is 0 Å². The number of hydrogen-bond donors (Lipinski definition) is 1. The van der Waals surface area contributed by atoms with Crippen molar-refractivity contribution in [2.45, 2.75) is 12.6 Å². The van der Waals surface area contributed by atoms with Crippen LogP contribution in [0.2, 0.25) is 0 Å². The summed E-state index contributed by atoms with van der Waals surface area (Å²) in [5.74, 6) is 0. The van der Waals surface area contributed by atoms with Gasteiger partial charge in [-0.05, 0) is 0 Å². The Kier molecular flexibility index (Phi) is 1.37. The molecule has 0 aromatic rings. The summed E-state index contributed by atoms with van der Waals surface area (Å²) in [5, 5.41) is 6.67. The third-order valence-electron chi connectivity index (χ3n) is 1.09. The predicted molar refractivity (Wildman–Crippen MR) is 30.6 cm³/mol. The number of nitrogens with zero attached hydrogens (tertiary/aromatic N) is 1. The fourth-order valence-corrected chi connectivity index (χ4v) is 0.677. The molecule has 0 aliphatic carbocycles. The van der Waals surface area contributed by atoms with E-state index in [1.165, 1.54) is 0 Å². The van der Waals surface area contributed by atoms with E-state index in [9.17, 15) is 4.39 Å². The Labute approximate surface area is 46.9 Å². The highest BCUT2D eigenvalue weighted by Crippen LogP contribution is 2.06. The summed E-state index contributed by atoms with van der Waals surface area (Å²) in [4.78, 5) is 3.73. The van der Waals surface area contributed by atoms with Gasteiger partial charge in [-0.25, -0.2) is 4.39 Å². The van der Waals surface area contributed by atoms with E-state index in [2.05, 4.69) is 4.99 Å². The van der Waals surface area contributed by atoms with Gasteiger partial charge in [-0.2, -0.15) is 0 Å². The zero-order valence-electron chi connectivity index (χ0n) is 4.39. The first kappa shape index (κ1) is 5.41. The normalized spacial score (nSPS) is 27.6. The second-order valence-corrected chi connectivity index (χ2v) is 1.78. The van der Waals surface area contributed by atoms with Crippen LogP contribution in [0.5, 0.6) is 0 Å². The van der Waals surface area contributed by atoms with Crippen LogP contribution in [0, 0.1) is 5.41 Å². The number of nitrogens with one attached hydrogen (secondary N) is 1. The highest BCUT2D eigenvalue weighted by atomic mass is 19.1. The van der Waals surface area contributed by atoms with E-state index in [-0.39, 0.29) is 6.54 Å². The Morgan fingerprint density at radius 2 is 2.62 bits per heavy atom. The molecule has 1 N–H and O–H groups in total. The predicted octanol–water partition coefficient (Wildman–Crippen LogP) is 0.819. The molecule has 0 radical (unpaired) electrons. The standard InChI is InChI=1S/C5H7FN2/c6-4-1-5(2-7)8-3-4/h2,4,7H,1,3H2/t4-/m0/s1. The van der Waals surface area contributed by atoms with Crippen molar-refractivity contribution in [1.82, 2.24) is 0 Å². The van der Waals surface area contributed by atoms with Crippen LogP contribution in [-0.4, -0.2) is 24.6 Å². The second-order valence-electron chi connectivity index (χ2n) is 1.78. The van der Waals surface area contributed by atoms with Gasteiger partial charge < -0.3 is 5.41 Å². The highest BCUT2D eigenvalue weighted by molar-refractivity contribution is 6.30. The van der Waals surface area contributed by atoms with Gasteiger partial charge in [-0.15, -0.1) is 0 Å². The third kappa shape index (κ3) is 0.911. The van der Waals surface area contributed by atoms with E-state index in [0.29, 0.717) is 12.1 Å². The van der Waals surface area contributed by atoms with Gasteiger partial charge >= 0.3 is 0 Å². The van der Waals surface area contributed by atoms with Crippen molar-refractivity contribution in [1.29, 1.82) is 5.41 Å². The van der Waals surface area contributed by atoms with Crippen molar-refractivity contribution in [3.8, 4) is 0 Å². The highest BCUT2D eigenvalue weighted by Gasteiger charge is 2.14. The van der Waals surface area contributed by atoms with Crippen molar-refractivity contribution in [2.24, 2.45) is 4.99 Å². The fraction of sp³-hybridized carbons (Fsp3) is 0.600. The molecule has 0 spiro atoms. The summed E-state index contributed by atoms with van der Waals surface area (Å²) in [6.45, 7) is 0.255. The Balaban J connectivity index is 2.49. The molecular weight excluding hydrogens is 107 g/mol. The largest absolute Gasteiger partial charge is 0.307 e. The molecule has 1 heterocycles. The molecule has 0 bridgehead atoms. The molecule has 1 aliphatic rings. The van der Waals surface area contributed by atoms with E-state index in [4.69, 9.17) is 5.41 Å². The topological polar surface area (TPSA) is 36.2 Å². The number of hydrogen-bond acceptors (Lipinski definition) is 2. The summed E-state index contributed by atoms with van der Waals surface area (Å²) in [5.41, 5.74) is 0.581. The van der Waals surface area contributed by atoms with E-state index in [0.717, 1.165) is 6.21 Å². The van der Waals surface area contributed by atoms with Crippen LogP contribution in [0.15, 0.2) is 4.99 Å². The third-order valence-corrected chi connectivity index (χ3v) is 1.09. The zero-order valence-corrected chi connectivity index (χ0v) is 4.39. The molecule has 1 atom stereocenters. The number of rotatable bonds is 1. The SMILES string of the molecule is N=CC1=NC[C@@H](F)C1. The van der Waals surface area contributed by atoms with Crippen LogP contribution in [0.4, 0.5) is 4.39 Å². The van der Waals surface area contributed by atoms with Crippen molar-refractivity contribution < 1.29 is 4.39 Å². The van der Waals surface area contributed by atoms with Crippen molar-refractivity contribution >= 4 is 11.9 Å². The van der Waals surface area contributed by atoms with Crippen LogP contribution >= 0.6 is 0 Å². The summed E-state index contributed by atoms with van der Waals surface area (Å²) < 4.78 is 12.1. The quantitative estimate of drug-likeness (QED) is 0.490. The molecule has 1 rings (SSSR count). The molecule has 0 aromatic carbocycles. The first-order chi connectivity index (χ1) is 3.83. The Hall–Kier alpha value is -0.730. The van der Waals surface area contributed by atoms with Crippen molar-refractivity contribution in [2.75, 3.05) is 6.54 Å². The van der Waals surface area contributed by atoms with Gasteiger partial charge in [0.25, 0.3) is 0 Å². The van der Waals surface area contributed by atoms with Gasteiger partial charge in [0.2, 0.25) is 0 Å². The average molecular weight is 114 g/mol. The molecule has 44 valence electrons. The zero-order chi connectivity index (χ0) is 5.98. The number of aliphatic imine (C=N–C) groups is 1. The lowest BCUT2D eigenvalue weighted by Gasteiger charge is -1.88. The van der Waals surface area contributed by atoms with Crippen LogP contribution in [0.3, 0.4) is 0 Å². The van der Waals surface area contributed by atoms with Gasteiger partial charge in [0.1, 0.15) is 6.17 Å². The van der Waals surface area contributed by atoms with E-state index < -0.39 is 6.17 Å². The van der Waals surface area contributed by atoms with Crippen molar-refractivity contribution in [3.05, 3.63) is 0 Å². The summed E-state index contributed by atoms with van der Waals surface area (Å²) in [6.07, 6.45) is 0.620. The van der Waals surface area contributed by atoms with Gasteiger partial charge in [-0.3, -0.25) is 4.99 Å². The number of alkyl halides is 1. The molecule has 0 fully saturated rings. The molecule has 3 heteroatoms.